The van der Waals surface area contributed by atoms with E-state index in [4.69, 9.17) is 15.7 Å². The summed E-state index contributed by atoms with van der Waals surface area (Å²) in [7, 11) is 11.2. The van der Waals surface area contributed by atoms with E-state index in [0.29, 0.717) is 12.6 Å². The van der Waals surface area contributed by atoms with Crippen molar-refractivity contribution in [3.63, 3.8) is 0 Å². The zero-order valence-electron chi connectivity index (χ0n) is 14.9. The number of aryl methyl sites for hydroxylation is 4. The Kier molecular flexibility index (Phi) is 13.4. The average molecular weight is 323 g/mol. The Morgan fingerprint density at radius 2 is 1.04 bits per heavy atom. The highest BCUT2D eigenvalue weighted by Crippen LogP contribution is 2.12. The number of hydrogen-bond donors (Lipinski definition) is 2. The summed E-state index contributed by atoms with van der Waals surface area (Å²) in [5.74, 6) is 0. The van der Waals surface area contributed by atoms with E-state index in [2.05, 4.69) is 48.1 Å². The molecule has 24 heavy (non-hydrogen) atoms. The van der Waals surface area contributed by atoms with Crippen LogP contribution in [0.1, 0.15) is 69.0 Å². The maximum Gasteiger partial charge on any atom is 0.0718 e. The maximum atomic E-state index is 5.59. The number of nitrogens with one attached hydrogen (secondary N) is 2. The first kappa shape index (κ1) is 24.9. The van der Waals surface area contributed by atoms with Crippen LogP contribution in [0.4, 0.5) is 0 Å². The molecule has 0 fully saturated rings. The summed E-state index contributed by atoms with van der Waals surface area (Å²) in [6, 6.07) is 0. The van der Waals surface area contributed by atoms with Crippen molar-refractivity contribution in [3.05, 3.63) is 33.9 Å². The van der Waals surface area contributed by atoms with E-state index in [9.17, 15) is 0 Å². The predicted molar refractivity (Wildman–Crippen MR) is 106 cm³/mol. The van der Waals surface area contributed by atoms with Gasteiger partial charge in [-0.3, -0.25) is 10.2 Å². The second-order valence-corrected chi connectivity index (χ2v) is 5.08. The van der Waals surface area contributed by atoms with Gasteiger partial charge in [0.2, 0.25) is 0 Å². The largest absolute Gasteiger partial charge is 0.282 e. The molecule has 2 aromatic rings. The Hall–Kier alpha value is -1.39. The van der Waals surface area contributed by atoms with Crippen LogP contribution in [-0.2, 0) is 38.3 Å². The van der Waals surface area contributed by atoms with Gasteiger partial charge < -0.3 is 0 Å². The summed E-state index contributed by atoms with van der Waals surface area (Å²) in [6.45, 7) is 8.39. The first-order valence-corrected chi connectivity index (χ1v) is 8.16. The summed E-state index contributed by atoms with van der Waals surface area (Å²) in [4.78, 5) is 0. The van der Waals surface area contributed by atoms with Gasteiger partial charge in [-0.1, -0.05) is 47.8 Å². The molecule has 0 amide bonds. The molecule has 0 aromatic carbocycles. The van der Waals surface area contributed by atoms with Crippen LogP contribution in [0.25, 0.3) is 0 Å². The lowest BCUT2D eigenvalue weighted by molar-refractivity contribution is 0.936. The van der Waals surface area contributed by atoms with Crippen LogP contribution in [0.2, 0.25) is 0 Å². The second kappa shape index (κ2) is 13.0. The van der Waals surface area contributed by atoms with E-state index in [0.717, 1.165) is 37.1 Å². The monoisotopic (exact) mass is 323 g/mol. The number of nitrogens with zero attached hydrogens (tertiary/aromatic N) is 2. The fourth-order valence-electron chi connectivity index (χ4n) is 2.54. The Morgan fingerprint density at radius 3 is 1.25 bits per heavy atom. The van der Waals surface area contributed by atoms with Gasteiger partial charge in [0.1, 0.15) is 0 Å². The molecule has 0 unspecified atom stereocenters. The fraction of sp³-hybridized carbons (Fsp3) is 0.647. The van der Waals surface area contributed by atoms with Crippen molar-refractivity contribution in [3.8, 4) is 0 Å². The summed E-state index contributed by atoms with van der Waals surface area (Å²) in [6.07, 6.45) is 5.09. The molecule has 7 heteroatoms. The fourth-order valence-corrected chi connectivity index (χ4v) is 2.54. The van der Waals surface area contributed by atoms with Gasteiger partial charge in [-0.05, 0) is 36.8 Å². The minimum atomic E-state index is 0. The van der Waals surface area contributed by atoms with Crippen LogP contribution in [-0.4, -0.2) is 44.5 Å². The van der Waals surface area contributed by atoms with E-state index in [1.807, 2.05) is 0 Å². The van der Waals surface area contributed by atoms with Gasteiger partial charge in [-0.25, -0.2) is 0 Å². The Balaban J connectivity index is 0. The standard InChI is InChI=1S/2C8H13BN2.CH4.B/c2*1-3-7-6(5-9)8(4-2)11-10-7;;/h2*3-5H2,1-2H3,(H,10,11);1H4;. The third kappa shape index (κ3) is 5.92. The lowest BCUT2D eigenvalue weighted by atomic mass is 9.93. The zero-order valence-corrected chi connectivity index (χ0v) is 14.9. The first-order chi connectivity index (χ1) is 10.7. The van der Waals surface area contributed by atoms with Crippen molar-refractivity contribution in [1.82, 2.24) is 20.4 Å². The van der Waals surface area contributed by atoms with Crippen molar-refractivity contribution in [2.24, 2.45) is 0 Å². The second-order valence-electron chi connectivity index (χ2n) is 5.08. The van der Waals surface area contributed by atoms with E-state index < -0.39 is 0 Å². The Labute approximate surface area is 152 Å². The van der Waals surface area contributed by atoms with Crippen LogP contribution >= 0.6 is 0 Å². The van der Waals surface area contributed by atoms with Crippen LogP contribution in [0, 0.1) is 0 Å². The predicted octanol–water partition coefficient (Wildman–Crippen LogP) is 2.66. The maximum absolute atomic E-state index is 5.59. The molecule has 2 N–H and O–H groups in total. The van der Waals surface area contributed by atoms with Crippen LogP contribution in [0.5, 0.6) is 0 Å². The van der Waals surface area contributed by atoms with Crippen LogP contribution in [0.15, 0.2) is 0 Å². The SMILES string of the molecule is C.[B].[B]Cc1c(CC)n[nH]c1CC.[B]Cc1c(CC)n[nH]c1CC. The van der Waals surface area contributed by atoms with Crippen LogP contribution in [0.3, 0.4) is 0 Å². The molecule has 0 aliphatic rings. The van der Waals surface area contributed by atoms with Crippen molar-refractivity contribution in [2.45, 2.75) is 73.4 Å². The highest BCUT2D eigenvalue weighted by molar-refractivity contribution is 6.08. The first-order valence-electron chi connectivity index (χ1n) is 8.16. The van der Waals surface area contributed by atoms with E-state index >= 15 is 0 Å². The van der Waals surface area contributed by atoms with Gasteiger partial charge in [0.25, 0.3) is 0 Å². The summed E-state index contributed by atoms with van der Waals surface area (Å²) in [5.41, 5.74) is 7.01. The van der Waals surface area contributed by atoms with Crippen molar-refractivity contribution in [1.29, 1.82) is 0 Å². The van der Waals surface area contributed by atoms with Gasteiger partial charge in [0, 0.05) is 19.8 Å². The molecule has 127 valence electrons. The lowest BCUT2D eigenvalue weighted by Crippen LogP contribution is -1.93. The molecule has 0 spiro atoms. The number of aromatic amines is 2. The summed E-state index contributed by atoms with van der Waals surface area (Å²) < 4.78 is 0. The molecule has 2 rings (SSSR count). The molecule has 7 radical (unpaired) electrons. The summed E-state index contributed by atoms with van der Waals surface area (Å²) >= 11 is 0. The zero-order chi connectivity index (χ0) is 16.5. The number of H-pyrrole nitrogens is 2. The van der Waals surface area contributed by atoms with Crippen molar-refractivity contribution < 1.29 is 0 Å². The molecule has 0 saturated heterocycles. The van der Waals surface area contributed by atoms with Gasteiger partial charge in [-0.15, -0.1) is 0 Å². The molecule has 2 aromatic heterocycles. The molecule has 2 heterocycles. The molecule has 0 aliphatic heterocycles. The highest BCUT2D eigenvalue weighted by atomic mass is 15.1. The molecule has 0 bridgehead atoms. The average Bonchev–Trinajstić information content (AvgIpc) is 3.16. The van der Waals surface area contributed by atoms with Gasteiger partial charge in [-0.2, -0.15) is 10.2 Å². The minimum absolute atomic E-state index is 0. The normalized spacial score (nSPS) is 9.50. The molecule has 0 aliphatic carbocycles. The summed E-state index contributed by atoms with van der Waals surface area (Å²) in [5, 5.41) is 14.3. The molecule has 0 saturated carbocycles. The van der Waals surface area contributed by atoms with Crippen molar-refractivity contribution in [2.75, 3.05) is 0 Å². The molecular weight excluding hydrogens is 293 g/mol. The number of rotatable bonds is 6. The van der Waals surface area contributed by atoms with E-state index in [1.54, 1.807) is 0 Å². The smallest absolute Gasteiger partial charge is 0.0718 e. The van der Waals surface area contributed by atoms with E-state index in [-0.39, 0.29) is 15.8 Å². The third-order valence-corrected chi connectivity index (χ3v) is 3.86. The topological polar surface area (TPSA) is 57.4 Å². The quantitative estimate of drug-likeness (QED) is 0.803. The number of aromatic nitrogens is 4. The van der Waals surface area contributed by atoms with Gasteiger partial charge >= 0.3 is 0 Å². The molecule has 0 atom stereocenters. The Morgan fingerprint density at radius 1 is 0.708 bits per heavy atom. The van der Waals surface area contributed by atoms with Crippen LogP contribution < -0.4 is 0 Å². The number of hydrogen-bond acceptors (Lipinski definition) is 2. The van der Waals surface area contributed by atoms with Gasteiger partial charge in [0.15, 0.2) is 0 Å². The Bertz CT molecular complexity index is 471. The lowest BCUT2D eigenvalue weighted by Gasteiger charge is -1.97. The van der Waals surface area contributed by atoms with Crippen molar-refractivity contribution >= 4 is 24.1 Å². The van der Waals surface area contributed by atoms with E-state index in [1.165, 1.54) is 22.5 Å². The minimum Gasteiger partial charge on any atom is -0.282 e. The molecular formula is C17H30B3N4. The molecule has 4 nitrogen and oxygen atoms in total. The highest BCUT2D eigenvalue weighted by Gasteiger charge is 2.07. The van der Waals surface area contributed by atoms with Gasteiger partial charge in [0.05, 0.1) is 27.1 Å². The third-order valence-electron chi connectivity index (χ3n) is 3.86.